The number of rotatable bonds is 1. The van der Waals surface area contributed by atoms with Gasteiger partial charge in [0.1, 0.15) is 5.49 Å². The second kappa shape index (κ2) is 3.73. The highest BCUT2D eigenvalue weighted by molar-refractivity contribution is 5.65. The number of hydrogen-bond donors (Lipinski definition) is 2. The molecule has 17 heavy (non-hydrogen) atoms. The SMILES string of the molecule is Cc1nc2n(c(=N)c1-c1ccccc1)CCN2. The lowest BCUT2D eigenvalue weighted by Crippen LogP contribution is -2.22. The summed E-state index contributed by atoms with van der Waals surface area (Å²) in [5, 5.41) is 11.5. The fourth-order valence-corrected chi connectivity index (χ4v) is 2.27. The molecule has 1 aliphatic rings. The normalized spacial score (nSPS) is 13.2. The molecule has 4 heteroatoms. The summed E-state index contributed by atoms with van der Waals surface area (Å²) in [4.78, 5) is 4.52. The van der Waals surface area contributed by atoms with Gasteiger partial charge in [0.25, 0.3) is 0 Å². The van der Waals surface area contributed by atoms with Gasteiger partial charge in [-0.15, -0.1) is 0 Å². The number of nitrogens with zero attached hydrogens (tertiary/aromatic N) is 2. The van der Waals surface area contributed by atoms with Crippen LogP contribution in [0.15, 0.2) is 30.3 Å². The lowest BCUT2D eigenvalue weighted by molar-refractivity contribution is 0.733. The van der Waals surface area contributed by atoms with Crippen molar-refractivity contribution in [3.63, 3.8) is 0 Å². The smallest absolute Gasteiger partial charge is 0.204 e. The van der Waals surface area contributed by atoms with Crippen LogP contribution >= 0.6 is 0 Å². The minimum absolute atomic E-state index is 0.545. The van der Waals surface area contributed by atoms with Gasteiger partial charge in [0.2, 0.25) is 5.95 Å². The first-order chi connectivity index (χ1) is 8.27. The van der Waals surface area contributed by atoms with Gasteiger partial charge in [-0.2, -0.15) is 0 Å². The lowest BCUT2D eigenvalue weighted by atomic mass is 10.1. The van der Waals surface area contributed by atoms with Crippen LogP contribution in [0.5, 0.6) is 0 Å². The van der Waals surface area contributed by atoms with E-state index in [4.69, 9.17) is 5.41 Å². The highest BCUT2D eigenvalue weighted by atomic mass is 15.3. The highest BCUT2D eigenvalue weighted by Crippen LogP contribution is 2.20. The summed E-state index contributed by atoms with van der Waals surface area (Å²) in [5.41, 5.74) is 3.44. The Morgan fingerprint density at radius 1 is 1.29 bits per heavy atom. The largest absolute Gasteiger partial charge is 0.354 e. The summed E-state index contributed by atoms with van der Waals surface area (Å²) in [6, 6.07) is 10.0. The quantitative estimate of drug-likeness (QED) is 0.778. The molecule has 0 saturated heterocycles. The molecule has 0 bridgehead atoms. The van der Waals surface area contributed by atoms with Gasteiger partial charge in [0, 0.05) is 18.7 Å². The van der Waals surface area contributed by atoms with E-state index in [1.807, 2.05) is 41.8 Å². The van der Waals surface area contributed by atoms with Crippen LogP contribution in [-0.2, 0) is 6.54 Å². The second-order valence-corrected chi connectivity index (χ2v) is 4.19. The third-order valence-electron chi connectivity index (χ3n) is 3.08. The van der Waals surface area contributed by atoms with E-state index in [0.29, 0.717) is 5.49 Å². The molecule has 0 aliphatic carbocycles. The van der Waals surface area contributed by atoms with Crippen molar-refractivity contribution in [2.75, 3.05) is 11.9 Å². The molecule has 2 aromatic rings. The first-order valence-electron chi connectivity index (χ1n) is 5.72. The fraction of sp³-hybridized carbons (Fsp3) is 0.231. The Bertz CT molecular complexity index is 613. The average molecular weight is 226 g/mol. The third-order valence-corrected chi connectivity index (χ3v) is 3.08. The number of anilines is 1. The van der Waals surface area contributed by atoms with Gasteiger partial charge >= 0.3 is 0 Å². The molecule has 86 valence electrons. The Labute approximate surface area is 99.5 Å². The van der Waals surface area contributed by atoms with Crippen molar-refractivity contribution in [2.45, 2.75) is 13.5 Å². The van der Waals surface area contributed by atoms with Crippen molar-refractivity contribution in [1.29, 1.82) is 5.41 Å². The summed E-state index contributed by atoms with van der Waals surface area (Å²) >= 11 is 0. The van der Waals surface area contributed by atoms with E-state index in [2.05, 4.69) is 10.3 Å². The molecule has 0 saturated carbocycles. The first-order valence-corrected chi connectivity index (χ1v) is 5.72. The standard InChI is InChI=1S/C13H14N4/c1-9-11(10-5-3-2-4-6-10)12(14)17-8-7-15-13(17)16-9/h2-6,14H,7-8H2,1H3,(H,15,16). The number of fused-ring (bicyclic) bond motifs is 1. The predicted octanol–water partition coefficient (Wildman–Crippen LogP) is 1.76. The fourth-order valence-electron chi connectivity index (χ4n) is 2.27. The van der Waals surface area contributed by atoms with E-state index in [-0.39, 0.29) is 0 Å². The van der Waals surface area contributed by atoms with Crippen LogP contribution in [0.3, 0.4) is 0 Å². The van der Waals surface area contributed by atoms with Crippen molar-refractivity contribution in [2.24, 2.45) is 0 Å². The predicted molar refractivity (Wildman–Crippen MR) is 66.7 cm³/mol. The molecule has 0 fully saturated rings. The van der Waals surface area contributed by atoms with Crippen LogP contribution in [0, 0.1) is 12.3 Å². The monoisotopic (exact) mass is 226 g/mol. The number of hydrogen-bond acceptors (Lipinski definition) is 3. The Hall–Kier alpha value is -2.10. The van der Waals surface area contributed by atoms with Gasteiger partial charge < -0.3 is 5.32 Å². The Kier molecular flexibility index (Phi) is 2.21. The average Bonchev–Trinajstić information content (AvgIpc) is 2.78. The Morgan fingerprint density at radius 2 is 2.06 bits per heavy atom. The van der Waals surface area contributed by atoms with E-state index in [9.17, 15) is 0 Å². The van der Waals surface area contributed by atoms with Crippen molar-refractivity contribution < 1.29 is 0 Å². The lowest BCUT2D eigenvalue weighted by Gasteiger charge is -2.10. The maximum atomic E-state index is 8.29. The van der Waals surface area contributed by atoms with Gasteiger partial charge in [-0.05, 0) is 12.5 Å². The summed E-state index contributed by atoms with van der Waals surface area (Å²) in [7, 11) is 0. The minimum atomic E-state index is 0.545. The van der Waals surface area contributed by atoms with Crippen LogP contribution in [-0.4, -0.2) is 16.1 Å². The topological polar surface area (TPSA) is 53.7 Å². The van der Waals surface area contributed by atoms with E-state index < -0.39 is 0 Å². The summed E-state index contributed by atoms with van der Waals surface area (Å²) in [5.74, 6) is 0.812. The van der Waals surface area contributed by atoms with Crippen molar-refractivity contribution in [3.8, 4) is 11.1 Å². The summed E-state index contributed by atoms with van der Waals surface area (Å²) in [6.45, 7) is 3.64. The second-order valence-electron chi connectivity index (χ2n) is 4.19. The number of aryl methyl sites for hydroxylation is 1. The van der Waals surface area contributed by atoms with Gasteiger partial charge in [-0.1, -0.05) is 30.3 Å². The van der Waals surface area contributed by atoms with Crippen molar-refractivity contribution in [1.82, 2.24) is 9.55 Å². The molecule has 1 aromatic heterocycles. The van der Waals surface area contributed by atoms with Crippen LogP contribution in [0.4, 0.5) is 5.95 Å². The zero-order valence-electron chi connectivity index (χ0n) is 9.70. The first kappa shape index (κ1) is 10.1. The maximum Gasteiger partial charge on any atom is 0.204 e. The molecular formula is C13H14N4. The zero-order chi connectivity index (χ0) is 11.8. The summed E-state index contributed by atoms with van der Waals surface area (Å²) < 4.78 is 1.93. The molecule has 1 aliphatic heterocycles. The molecule has 1 aromatic carbocycles. The van der Waals surface area contributed by atoms with E-state index in [1.54, 1.807) is 0 Å². The molecule has 0 unspecified atom stereocenters. The number of nitrogens with one attached hydrogen (secondary N) is 2. The molecule has 0 radical (unpaired) electrons. The molecule has 2 N–H and O–H groups in total. The molecular weight excluding hydrogens is 212 g/mol. The summed E-state index contributed by atoms with van der Waals surface area (Å²) in [6.07, 6.45) is 0. The number of benzene rings is 1. The van der Waals surface area contributed by atoms with Crippen molar-refractivity contribution >= 4 is 5.95 Å². The van der Waals surface area contributed by atoms with E-state index >= 15 is 0 Å². The molecule has 4 nitrogen and oxygen atoms in total. The van der Waals surface area contributed by atoms with Crippen LogP contribution in [0.25, 0.3) is 11.1 Å². The van der Waals surface area contributed by atoms with Crippen LogP contribution < -0.4 is 10.8 Å². The van der Waals surface area contributed by atoms with E-state index in [0.717, 1.165) is 35.9 Å². The Morgan fingerprint density at radius 3 is 2.82 bits per heavy atom. The van der Waals surface area contributed by atoms with Gasteiger partial charge in [-0.3, -0.25) is 9.98 Å². The number of aromatic nitrogens is 2. The Balaban J connectivity index is 2.28. The van der Waals surface area contributed by atoms with Gasteiger partial charge in [-0.25, -0.2) is 4.98 Å². The van der Waals surface area contributed by atoms with Crippen molar-refractivity contribution in [3.05, 3.63) is 41.5 Å². The molecule has 0 atom stereocenters. The maximum absolute atomic E-state index is 8.29. The van der Waals surface area contributed by atoms with Gasteiger partial charge in [0.15, 0.2) is 0 Å². The molecule has 3 rings (SSSR count). The molecule has 2 heterocycles. The highest BCUT2D eigenvalue weighted by Gasteiger charge is 2.16. The third kappa shape index (κ3) is 1.53. The van der Waals surface area contributed by atoms with E-state index in [1.165, 1.54) is 0 Å². The zero-order valence-corrected chi connectivity index (χ0v) is 9.70. The van der Waals surface area contributed by atoms with Gasteiger partial charge in [0.05, 0.1) is 5.69 Å². The van der Waals surface area contributed by atoms with Crippen LogP contribution in [0.1, 0.15) is 5.69 Å². The minimum Gasteiger partial charge on any atom is -0.354 e. The van der Waals surface area contributed by atoms with Crippen LogP contribution in [0.2, 0.25) is 0 Å². The molecule has 0 amide bonds. The molecule has 0 spiro atoms.